The topological polar surface area (TPSA) is 18.5 Å². The molecule has 1 aliphatic heterocycles. The second-order valence-corrected chi connectivity index (χ2v) is 10.0. The number of halogens is 1. The van der Waals surface area contributed by atoms with E-state index >= 15 is 0 Å². The zero-order valence-electron chi connectivity index (χ0n) is 13.9. The summed E-state index contributed by atoms with van der Waals surface area (Å²) in [5, 5.41) is 3.53. The fourth-order valence-electron chi connectivity index (χ4n) is 2.48. The lowest BCUT2D eigenvalue weighted by atomic mass is 10.1. The molecule has 0 amide bonds. The van der Waals surface area contributed by atoms with Gasteiger partial charge in [0.2, 0.25) is 0 Å². The maximum Gasteiger partial charge on any atom is 0.0178 e. The molecule has 0 bridgehead atoms. The Labute approximate surface area is 140 Å². The molecule has 0 unspecified atom stereocenters. The Morgan fingerprint density at radius 3 is 2.10 bits per heavy atom. The summed E-state index contributed by atoms with van der Waals surface area (Å²) >= 11 is 2.56. The Balaban J connectivity index is 2.01. The monoisotopic (exact) mass is 395 g/mol. The minimum atomic E-state index is 0.441. The van der Waals surface area contributed by atoms with Crippen LogP contribution in [0.1, 0.15) is 40.5 Å². The van der Waals surface area contributed by atoms with Crippen molar-refractivity contribution < 1.29 is 0 Å². The molecule has 1 fully saturated rings. The van der Waals surface area contributed by atoms with Crippen molar-refractivity contribution >= 4 is 22.6 Å². The quantitative estimate of drug-likeness (QED) is 0.368. The van der Waals surface area contributed by atoms with E-state index in [1.807, 2.05) is 0 Å². The van der Waals surface area contributed by atoms with Gasteiger partial charge in [0.25, 0.3) is 0 Å². The highest BCUT2D eigenvalue weighted by Gasteiger charge is 2.19. The zero-order chi connectivity index (χ0) is 15.0. The molecule has 0 aromatic carbocycles. The van der Waals surface area contributed by atoms with Gasteiger partial charge in [0.15, 0.2) is 0 Å². The number of nitrogens with zero attached hydrogens (tertiary/aromatic N) is 2. The molecule has 20 heavy (non-hydrogen) atoms. The molecule has 0 spiro atoms. The van der Waals surface area contributed by atoms with Crippen LogP contribution in [0.5, 0.6) is 0 Å². The highest BCUT2D eigenvalue weighted by atomic mass is 127. The average molecular weight is 395 g/mol. The van der Waals surface area contributed by atoms with Gasteiger partial charge in [-0.05, 0) is 44.9 Å². The molecule has 0 aliphatic carbocycles. The van der Waals surface area contributed by atoms with Crippen molar-refractivity contribution in [2.75, 3.05) is 52.4 Å². The highest BCUT2D eigenvalue weighted by Crippen LogP contribution is 2.21. The van der Waals surface area contributed by atoms with Gasteiger partial charge in [-0.15, -0.1) is 0 Å². The van der Waals surface area contributed by atoms with E-state index in [0.717, 1.165) is 12.5 Å². The third kappa shape index (κ3) is 9.53. The number of alkyl halides is 1. The molecule has 1 aliphatic rings. The molecular formula is C16H34IN3. The predicted molar refractivity (Wildman–Crippen MR) is 97.9 cm³/mol. The maximum atomic E-state index is 3.53. The molecule has 3 nitrogen and oxygen atoms in total. The van der Waals surface area contributed by atoms with Crippen LogP contribution in [0.3, 0.4) is 0 Å². The number of nitrogens with one attached hydrogen (secondary N) is 1. The van der Waals surface area contributed by atoms with Crippen LogP contribution < -0.4 is 5.32 Å². The Morgan fingerprint density at radius 2 is 1.60 bits per heavy atom. The lowest BCUT2D eigenvalue weighted by Gasteiger charge is -2.35. The Bertz CT molecular complexity index is 243. The van der Waals surface area contributed by atoms with E-state index < -0.39 is 0 Å². The zero-order valence-corrected chi connectivity index (χ0v) is 16.1. The second kappa shape index (κ2) is 9.59. The number of hydrogen-bond donors (Lipinski definition) is 1. The van der Waals surface area contributed by atoms with Crippen LogP contribution in [0, 0.1) is 5.92 Å². The SMILES string of the molecule is CC(C)CNCCCN1CCN(CCC(C)(C)I)CC1. The summed E-state index contributed by atoms with van der Waals surface area (Å²) in [5.74, 6) is 0.765. The lowest BCUT2D eigenvalue weighted by Crippen LogP contribution is -2.47. The average Bonchev–Trinajstić information content (AvgIpc) is 2.36. The Hall–Kier alpha value is 0.610. The minimum absolute atomic E-state index is 0.441. The molecule has 1 saturated heterocycles. The first-order valence-corrected chi connectivity index (χ1v) is 9.29. The summed E-state index contributed by atoms with van der Waals surface area (Å²) in [6.07, 6.45) is 2.58. The molecule has 4 heteroatoms. The number of piperazine rings is 1. The molecule has 0 aromatic rings. The summed E-state index contributed by atoms with van der Waals surface area (Å²) in [7, 11) is 0. The van der Waals surface area contributed by atoms with E-state index in [2.05, 4.69) is 65.4 Å². The van der Waals surface area contributed by atoms with Crippen molar-refractivity contribution in [2.45, 2.75) is 44.0 Å². The smallest absolute Gasteiger partial charge is 0.0178 e. The standard InChI is InChI=1S/C16H34IN3/c1-15(2)14-18-7-5-8-19-10-12-20(13-11-19)9-6-16(3,4)17/h15,18H,5-14H2,1-4H3. The van der Waals surface area contributed by atoms with Crippen LogP contribution in [0.4, 0.5) is 0 Å². The normalized spacial score (nSPS) is 18.9. The van der Waals surface area contributed by atoms with Crippen molar-refractivity contribution in [2.24, 2.45) is 5.92 Å². The Kier molecular flexibility index (Phi) is 8.95. The van der Waals surface area contributed by atoms with E-state index in [4.69, 9.17) is 0 Å². The van der Waals surface area contributed by atoms with Crippen LogP contribution in [-0.4, -0.2) is 65.6 Å². The van der Waals surface area contributed by atoms with Crippen LogP contribution >= 0.6 is 22.6 Å². The first-order valence-electron chi connectivity index (χ1n) is 8.21. The fraction of sp³-hybridized carbons (Fsp3) is 1.00. The van der Waals surface area contributed by atoms with E-state index in [1.54, 1.807) is 0 Å². The van der Waals surface area contributed by atoms with Crippen molar-refractivity contribution in [1.29, 1.82) is 0 Å². The molecule has 0 saturated carbocycles. The number of rotatable bonds is 9. The summed E-state index contributed by atoms with van der Waals surface area (Å²) in [4.78, 5) is 5.26. The van der Waals surface area contributed by atoms with Gasteiger partial charge >= 0.3 is 0 Å². The minimum Gasteiger partial charge on any atom is -0.316 e. The van der Waals surface area contributed by atoms with Crippen LogP contribution in [0.2, 0.25) is 0 Å². The molecule has 1 N–H and O–H groups in total. The first kappa shape index (κ1) is 18.7. The van der Waals surface area contributed by atoms with Crippen LogP contribution in [0.15, 0.2) is 0 Å². The Morgan fingerprint density at radius 1 is 1.05 bits per heavy atom. The summed E-state index contributed by atoms with van der Waals surface area (Å²) < 4.78 is 0.441. The largest absolute Gasteiger partial charge is 0.316 e. The third-order valence-corrected chi connectivity index (χ3v) is 4.41. The van der Waals surface area contributed by atoms with Crippen molar-refractivity contribution in [3.05, 3.63) is 0 Å². The van der Waals surface area contributed by atoms with Gasteiger partial charge in [0.05, 0.1) is 0 Å². The summed E-state index contributed by atoms with van der Waals surface area (Å²) in [6.45, 7) is 19.1. The van der Waals surface area contributed by atoms with Crippen LogP contribution in [0.25, 0.3) is 0 Å². The molecule has 120 valence electrons. The molecule has 0 radical (unpaired) electrons. The van der Waals surface area contributed by atoms with E-state index in [0.29, 0.717) is 3.42 Å². The van der Waals surface area contributed by atoms with Crippen molar-refractivity contribution in [3.8, 4) is 0 Å². The van der Waals surface area contributed by atoms with Gasteiger partial charge in [-0.25, -0.2) is 0 Å². The maximum absolute atomic E-state index is 3.53. The summed E-state index contributed by atoms with van der Waals surface area (Å²) in [6, 6.07) is 0. The number of hydrogen-bond acceptors (Lipinski definition) is 3. The van der Waals surface area contributed by atoms with Gasteiger partial charge in [-0.2, -0.15) is 0 Å². The van der Waals surface area contributed by atoms with E-state index in [9.17, 15) is 0 Å². The van der Waals surface area contributed by atoms with Gasteiger partial charge < -0.3 is 15.1 Å². The lowest BCUT2D eigenvalue weighted by molar-refractivity contribution is 0.129. The molecule has 1 rings (SSSR count). The van der Waals surface area contributed by atoms with Crippen molar-refractivity contribution in [1.82, 2.24) is 15.1 Å². The molecular weight excluding hydrogens is 361 g/mol. The van der Waals surface area contributed by atoms with Gasteiger partial charge in [0.1, 0.15) is 0 Å². The van der Waals surface area contributed by atoms with Gasteiger partial charge in [-0.3, -0.25) is 0 Å². The van der Waals surface area contributed by atoms with Gasteiger partial charge in [-0.1, -0.05) is 50.3 Å². The van der Waals surface area contributed by atoms with E-state index in [1.165, 1.54) is 58.7 Å². The highest BCUT2D eigenvalue weighted by molar-refractivity contribution is 14.1. The molecule has 0 aromatic heterocycles. The van der Waals surface area contributed by atoms with Gasteiger partial charge in [0, 0.05) is 29.6 Å². The molecule has 1 heterocycles. The van der Waals surface area contributed by atoms with E-state index in [-0.39, 0.29) is 0 Å². The summed E-state index contributed by atoms with van der Waals surface area (Å²) in [5.41, 5.74) is 0. The predicted octanol–water partition coefficient (Wildman–Crippen LogP) is 2.84. The second-order valence-electron chi connectivity index (χ2n) is 7.10. The van der Waals surface area contributed by atoms with Crippen LogP contribution in [-0.2, 0) is 0 Å². The fourth-order valence-corrected chi connectivity index (χ4v) is 2.72. The van der Waals surface area contributed by atoms with Crippen molar-refractivity contribution in [3.63, 3.8) is 0 Å². The third-order valence-electron chi connectivity index (χ3n) is 3.87. The molecule has 0 atom stereocenters. The first-order chi connectivity index (χ1) is 9.37.